The zero-order valence-corrected chi connectivity index (χ0v) is 14.0. The molecule has 0 bridgehead atoms. The fourth-order valence-electron chi connectivity index (χ4n) is 2.41. The van der Waals surface area contributed by atoms with E-state index in [2.05, 4.69) is 27.0 Å². The molecular formula is C13H16N4OS3. The average molecular weight is 340 g/mol. The summed E-state index contributed by atoms with van der Waals surface area (Å²) < 4.78 is 2.48. The van der Waals surface area contributed by atoms with Crippen LogP contribution in [0.5, 0.6) is 0 Å². The van der Waals surface area contributed by atoms with Crippen molar-refractivity contribution in [3.05, 3.63) is 32.5 Å². The minimum Gasteiger partial charge on any atom is -0.353 e. The normalized spacial score (nSPS) is 17.5. The van der Waals surface area contributed by atoms with Gasteiger partial charge in [0.05, 0.1) is 0 Å². The van der Waals surface area contributed by atoms with Gasteiger partial charge in [0.1, 0.15) is 11.1 Å². The number of rotatable bonds is 4. The molecule has 2 aromatic heterocycles. The Balaban J connectivity index is 1.60. The predicted octanol–water partition coefficient (Wildman–Crippen LogP) is 2.46. The summed E-state index contributed by atoms with van der Waals surface area (Å²) in [5.74, 6) is 1.94. The summed E-state index contributed by atoms with van der Waals surface area (Å²) in [4.78, 5) is 13.7. The van der Waals surface area contributed by atoms with Gasteiger partial charge in [-0.1, -0.05) is 0 Å². The third kappa shape index (κ3) is 3.07. The van der Waals surface area contributed by atoms with Gasteiger partial charge >= 0.3 is 0 Å². The van der Waals surface area contributed by atoms with Gasteiger partial charge in [-0.25, -0.2) is 0 Å². The van der Waals surface area contributed by atoms with Gasteiger partial charge in [0, 0.05) is 18.0 Å². The van der Waals surface area contributed by atoms with E-state index in [9.17, 15) is 4.79 Å². The minimum absolute atomic E-state index is 0.0709. The van der Waals surface area contributed by atoms with Crippen molar-refractivity contribution in [1.82, 2.24) is 20.1 Å². The van der Waals surface area contributed by atoms with Crippen LogP contribution in [0.2, 0.25) is 0 Å². The van der Waals surface area contributed by atoms with Crippen LogP contribution in [0.15, 0.2) is 11.4 Å². The van der Waals surface area contributed by atoms with Gasteiger partial charge in [-0.2, -0.15) is 5.10 Å². The lowest BCUT2D eigenvalue weighted by molar-refractivity contribution is -0.120. The maximum Gasteiger partial charge on any atom is 0.237 e. The SMILES string of the molecule is Cc1n[nH]c(=S)n1CCNC(=O)[C@H]1SCCc2sccc21. The number of fused-ring (bicyclic) bond motifs is 1. The van der Waals surface area contributed by atoms with E-state index in [0.717, 1.165) is 18.0 Å². The van der Waals surface area contributed by atoms with Crippen LogP contribution in [0, 0.1) is 11.7 Å². The van der Waals surface area contributed by atoms with Crippen molar-refractivity contribution in [3.63, 3.8) is 0 Å². The molecule has 0 saturated carbocycles. The highest BCUT2D eigenvalue weighted by molar-refractivity contribution is 8.00. The number of amides is 1. The Morgan fingerprint density at radius 2 is 2.52 bits per heavy atom. The Morgan fingerprint density at radius 3 is 3.29 bits per heavy atom. The van der Waals surface area contributed by atoms with E-state index >= 15 is 0 Å². The van der Waals surface area contributed by atoms with Crippen LogP contribution >= 0.6 is 35.3 Å². The highest BCUT2D eigenvalue weighted by Crippen LogP contribution is 2.39. The summed E-state index contributed by atoms with van der Waals surface area (Å²) in [5.41, 5.74) is 1.19. The number of carbonyl (C=O) groups excluding carboxylic acids is 1. The molecule has 5 nitrogen and oxygen atoms in total. The number of hydrogen-bond donors (Lipinski definition) is 2. The predicted molar refractivity (Wildman–Crippen MR) is 88.4 cm³/mol. The second-order valence-corrected chi connectivity index (χ2v) is 7.42. The van der Waals surface area contributed by atoms with E-state index in [1.165, 1.54) is 10.4 Å². The third-order valence-corrected chi connectivity index (χ3v) is 6.05. The molecule has 112 valence electrons. The Hall–Kier alpha value is -1.12. The van der Waals surface area contributed by atoms with Crippen LogP contribution in [0.25, 0.3) is 0 Å². The molecule has 0 unspecified atom stereocenters. The first-order valence-corrected chi connectivity index (χ1v) is 9.08. The van der Waals surface area contributed by atoms with Gasteiger partial charge in [0.15, 0.2) is 4.77 Å². The van der Waals surface area contributed by atoms with Gasteiger partial charge in [0.25, 0.3) is 0 Å². The summed E-state index contributed by atoms with van der Waals surface area (Å²) in [5, 5.41) is 11.8. The Morgan fingerprint density at radius 1 is 1.67 bits per heavy atom. The van der Waals surface area contributed by atoms with E-state index in [1.807, 2.05) is 11.5 Å². The summed E-state index contributed by atoms with van der Waals surface area (Å²) in [7, 11) is 0. The molecule has 2 N–H and O–H groups in total. The number of aromatic nitrogens is 3. The molecule has 0 fully saturated rings. The summed E-state index contributed by atoms with van der Waals surface area (Å²) >= 11 is 8.62. The lowest BCUT2D eigenvalue weighted by atomic mass is 10.1. The molecule has 3 rings (SSSR count). The van der Waals surface area contributed by atoms with E-state index in [-0.39, 0.29) is 11.2 Å². The van der Waals surface area contributed by atoms with Crippen molar-refractivity contribution in [2.24, 2.45) is 0 Å². The number of H-pyrrole nitrogens is 1. The lowest BCUT2D eigenvalue weighted by Crippen LogP contribution is -2.32. The van der Waals surface area contributed by atoms with Crippen molar-refractivity contribution >= 4 is 41.2 Å². The summed E-state index contributed by atoms with van der Waals surface area (Å²) in [6, 6.07) is 2.08. The van der Waals surface area contributed by atoms with Crippen molar-refractivity contribution in [3.8, 4) is 0 Å². The molecule has 0 saturated heterocycles. The van der Waals surface area contributed by atoms with Gasteiger partial charge in [0.2, 0.25) is 5.91 Å². The standard InChI is InChI=1S/C13H16N4OS3/c1-8-15-16-13(19)17(8)5-4-14-12(18)11-9-2-6-20-10(9)3-7-21-11/h2,6,11H,3-5,7H2,1H3,(H,14,18)(H,16,19)/t11-/m0/s1. The number of hydrogen-bond acceptors (Lipinski definition) is 5. The van der Waals surface area contributed by atoms with E-state index < -0.39 is 0 Å². The topological polar surface area (TPSA) is 62.7 Å². The molecule has 0 aromatic carbocycles. The Kier molecular flexibility index (Phi) is 4.46. The molecule has 21 heavy (non-hydrogen) atoms. The first-order chi connectivity index (χ1) is 10.2. The molecule has 3 heterocycles. The van der Waals surface area contributed by atoms with Crippen LogP contribution in [-0.2, 0) is 17.8 Å². The maximum absolute atomic E-state index is 12.4. The number of nitrogens with zero attached hydrogens (tertiary/aromatic N) is 2. The van der Waals surface area contributed by atoms with E-state index in [1.54, 1.807) is 23.1 Å². The van der Waals surface area contributed by atoms with Crippen molar-refractivity contribution < 1.29 is 4.79 Å². The number of aromatic amines is 1. The summed E-state index contributed by atoms with van der Waals surface area (Å²) in [6.07, 6.45) is 1.07. The van der Waals surface area contributed by atoms with Crippen molar-refractivity contribution in [1.29, 1.82) is 0 Å². The molecule has 1 atom stereocenters. The molecule has 1 aliphatic heterocycles. The zero-order valence-electron chi connectivity index (χ0n) is 11.6. The number of thioether (sulfide) groups is 1. The molecule has 1 amide bonds. The van der Waals surface area contributed by atoms with Crippen LogP contribution in [0.4, 0.5) is 0 Å². The van der Waals surface area contributed by atoms with E-state index in [0.29, 0.717) is 17.9 Å². The van der Waals surface area contributed by atoms with Crippen LogP contribution in [-0.4, -0.2) is 33.0 Å². The lowest BCUT2D eigenvalue weighted by Gasteiger charge is -2.21. The van der Waals surface area contributed by atoms with Gasteiger partial charge in [-0.15, -0.1) is 23.1 Å². The average Bonchev–Trinajstić information content (AvgIpc) is 3.07. The second kappa shape index (κ2) is 6.33. The quantitative estimate of drug-likeness (QED) is 0.839. The second-order valence-electron chi connectivity index (χ2n) is 4.82. The van der Waals surface area contributed by atoms with Crippen LogP contribution in [0.3, 0.4) is 0 Å². The highest BCUT2D eigenvalue weighted by Gasteiger charge is 2.27. The fraction of sp³-hybridized carbons (Fsp3) is 0.462. The monoisotopic (exact) mass is 340 g/mol. The number of aryl methyl sites for hydroxylation is 2. The van der Waals surface area contributed by atoms with Crippen LogP contribution < -0.4 is 5.32 Å². The van der Waals surface area contributed by atoms with Crippen LogP contribution in [0.1, 0.15) is 21.5 Å². The highest BCUT2D eigenvalue weighted by atomic mass is 32.2. The Labute approximate surface area is 136 Å². The first kappa shape index (κ1) is 14.8. The molecule has 8 heteroatoms. The number of thiophene rings is 1. The smallest absolute Gasteiger partial charge is 0.237 e. The molecule has 0 spiro atoms. The number of nitrogens with one attached hydrogen (secondary N) is 2. The first-order valence-electron chi connectivity index (χ1n) is 6.74. The minimum atomic E-state index is -0.0709. The van der Waals surface area contributed by atoms with Crippen molar-refractivity contribution in [2.45, 2.75) is 25.1 Å². The molecule has 2 aromatic rings. The Bertz CT molecular complexity index is 702. The van der Waals surface area contributed by atoms with E-state index in [4.69, 9.17) is 12.2 Å². The molecule has 0 radical (unpaired) electrons. The molecule has 0 aliphatic carbocycles. The van der Waals surface area contributed by atoms with Crippen molar-refractivity contribution in [2.75, 3.05) is 12.3 Å². The number of carbonyl (C=O) groups is 1. The van der Waals surface area contributed by atoms with Gasteiger partial charge in [-0.05, 0) is 48.3 Å². The summed E-state index contributed by atoms with van der Waals surface area (Å²) in [6.45, 7) is 3.09. The largest absolute Gasteiger partial charge is 0.353 e. The maximum atomic E-state index is 12.4. The zero-order chi connectivity index (χ0) is 14.8. The third-order valence-electron chi connectivity index (χ3n) is 3.50. The molecule has 1 aliphatic rings. The fourth-order valence-corrected chi connectivity index (χ4v) is 4.99. The molecular weight excluding hydrogens is 324 g/mol. The van der Waals surface area contributed by atoms with Gasteiger partial charge < -0.3 is 9.88 Å². The van der Waals surface area contributed by atoms with Gasteiger partial charge in [-0.3, -0.25) is 9.89 Å².